The molecule has 1 amide bonds. The van der Waals surface area contributed by atoms with Crippen molar-refractivity contribution in [3.8, 4) is 11.5 Å². The molecule has 1 aliphatic heterocycles. The Balaban J connectivity index is 2.25. The zero-order valence-corrected chi connectivity index (χ0v) is 10.9. The van der Waals surface area contributed by atoms with Crippen LogP contribution in [0.4, 0.5) is 18.9 Å². The molecular weight excluding hydrogens is 301 g/mol. The van der Waals surface area contributed by atoms with Crippen molar-refractivity contribution in [1.29, 1.82) is 0 Å². The van der Waals surface area contributed by atoms with Gasteiger partial charge in [0.1, 0.15) is 0 Å². The summed E-state index contributed by atoms with van der Waals surface area (Å²) in [5.74, 6) is -0.805. The first-order valence-electron chi connectivity index (χ1n) is 5.39. The quantitative estimate of drug-likeness (QED) is 0.879. The van der Waals surface area contributed by atoms with Gasteiger partial charge in [-0.2, -0.15) is 13.2 Å². The Morgan fingerprint density at radius 1 is 1.35 bits per heavy atom. The largest absolute Gasteiger partial charge is 0.454 e. The number of amides is 1. The van der Waals surface area contributed by atoms with Gasteiger partial charge < -0.3 is 20.5 Å². The summed E-state index contributed by atoms with van der Waals surface area (Å²) < 4.78 is 48.0. The normalized spacial score (nSPS) is 16.7. The Morgan fingerprint density at radius 3 is 2.45 bits per heavy atom. The maximum absolute atomic E-state index is 12.6. The van der Waals surface area contributed by atoms with Gasteiger partial charge in [-0.15, -0.1) is 0 Å². The number of rotatable bonds is 2. The minimum absolute atomic E-state index is 0.0144. The van der Waals surface area contributed by atoms with Crippen LogP contribution < -0.4 is 20.5 Å². The number of carbonyl (C=O) groups excluding carboxylic acids is 1. The standard InChI is InChI=1S/C11H10ClF3N2O3/c1-10(16,11(13,14)15)9(18)17-6-3-8-7(2-5(6)12)19-4-20-8/h2-3H,4,16H2,1H3,(H,17,18). The molecule has 3 N–H and O–H groups in total. The van der Waals surface area contributed by atoms with Gasteiger partial charge in [0.05, 0.1) is 10.7 Å². The molecule has 0 aromatic heterocycles. The highest BCUT2D eigenvalue weighted by Crippen LogP contribution is 2.39. The molecule has 1 heterocycles. The van der Waals surface area contributed by atoms with Crippen molar-refractivity contribution in [2.24, 2.45) is 5.73 Å². The van der Waals surface area contributed by atoms with E-state index in [0.717, 1.165) is 0 Å². The molecule has 9 heteroatoms. The van der Waals surface area contributed by atoms with Crippen LogP contribution >= 0.6 is 11.6 Å². The highest BCUT2D eigenvalue weighted by Gasteiger charge is 2.54. The minimum atomic E-state index is -4.89. The Hall–Kier alpha value is -1.67. The predicted molar refractivity (Wildman–Crippen MR) is 64.9 cm³/mol. The summed E-state index contributed by atoms with van der Waals surface area (Å²) in [6.45, 7) is 0.545. The number of ether oxygens (including phenoxy) is 2. The summed E-state index contributed by atoms with van der Waals surface area (Å²) >= 11 is 5.84. The van der Waals surface area contributed by atoms with Crippen molar-refractivity contribution in [1.82, 2.24) is 0 Å². The van der Waals surface area contributed by atoms with E-state index < -0.39 is 17.6 Å². The molecule has 1 aromatic rings. The topological polar surface area (TPSA) is 73.6 Å². The summed E-state index contributed by atoms with van der Waals surface area (Å²) in [7, 11) is 0. The van der Waals surface area contributed by atoms with Crippen LogP contribution in [0.1, 0.15) is 6.92 Å². The number of anilines is 1. The van der Waals surface area contributed by atoms with Gasteiger partial charge in [0.2, 0.25) is 6.79 Å². The number of halogens is 4. The zero-order valence-electron chi connectivity index (χ0n) is 10.2. The molecule has 0 radical (unpaired) electrons. The number of benzene rings is 1. The van der Waals surface area contributed by atoms with E-state index in [1.165, 1.54) is 12.1 Å². The van der Waals surface area contributed by atoms with E-state index >= 15 is 0 Å². The first kappa shape index (κ1) is 14.7. The molecule has 0 saturated carbocycles. The molecule has 1 atom stereocenters. The van der Waals surface area contributed by atoms with Crippen molar-refractivity contribution < 1.29 is 27.4 Å². The highest BCUT2D eigenvalue weighted by molar-refractivity contribution is 6.34. The number of carbonyl (C=O) groups is 1. The molecule has 1 aliphatic rings. The zero-order chi connectivity index (χ0) is 15.1. The van der Waals surface area contributed by atoms with Crippen molar-refractivity contribution in [2.45, 2.75) is 18.6 Å². The summed E-state index contributed by atoms with van der Waals surface area (Å²) in [6.07, 6.45) is -4.89. The van der Waals surface area contributed by atoms with Gasteiger partial charge in [0.15, 0.2) is 17.0 Å². The predicted octanol–water partition coefficient (Wildman–Crippen LogP) is 2.29. The van der Waals surface area contributed by atoms with Crippen LogP contribution in [0, 0.1) is 0 Å². The van der Waals surface area contributed by atoms with Crippen molar-refractivity contribution >= 4 is 23.2 Å². The molecule has 5 nitrogen and oxygen atoms in total. The average molecular weight is 311 g/mol. The number of fused-ring (bicyclic) bond motifs is 1. The first-order chi connectivity index (χ1) is 9.13. The lowest BCUT2D eigenvalue weighted by molar-refractivity contribution is -0.184. The van der Waals surface area contributed by atoms with E-state index in [-0.39, 0.29) is 23.3 Å². The van der Waals surface area contributed by atoms with Gasteiger partial charge in [-0.05, 0) is 6.92 Å². The number of alkyl halides is 3. The fourth-order valence-corrected chi connectivity index (χ4v) is 1.59. The molecule has 0 fully saturated rings. The second-order valence-corrected chi connectivity index (χ2v) is 4.75. The molecule has 1 unspecified atom stereocenters. The van der Waals surface area contributed by atoms with Crippen LogP contribution in [0.2, 0.25) is 5.02 Å². The van der Waals surface area contributed by atoms with Gasteiger partial charge in [-0.25, -0.2) is 0 Å². The SMILES string of the molecule is CC(N)(C(=O)Nc1cc2c(cc1Cl)OCO2)C(F)(F)F. The molecule has 0 bridgehead atoms. The van der Waals surface area contributed by atoms with Crippen LogP contribution in [-0.4, -0.2) is 24.4 Å². The monoisotopic (exact) mass is 310 g/mol. The molecular formula is C11H10ClF3N2O3. The second kappa shape index (κ2) is 4.71. The van der Waals surface area contributed by atoms with Crippen molar-refractivity contribution in [2.75, 3.05) is 12.1 Å². The molecule has 20 heavy (non-hydrogen) atoms. The fraction of sp³-hybridized carbons (Fsp3) is 0.364. The Morgan fingerprint density at radius 2 is 1.90 bits per heavy atom. The summed E-state index contributed by atoms with van der Waals surface area (Å²) in [6, 6.07) is 2.61. The van der Waals surface area contributed by atoms with Crippen LogP contribution in [-0.2, 0) is 4.79 Å². The smallest absolute Gasteiger partial charge is 0.415 e. The Bertz CT molecular complexity index is 561. The number of hydrogen-bond donors (Lipinski definition) is 2. The molecule has 2 rings (SSSR count). The van der Waals surface area contributed by atoms with Crippen LogP contribution in [0.5, 0.6) is 11.5 Å². The van der Waals surface area contributed by atoms with Crippen molar-refractivity contribution in [3.05, 3.63) is 17.2 Å². The molecule has 0 aliphatic carbocycles. The van der Waals surface area contributed by atoms with E-state index in [2.05, 4.69) is 0 Å². The second-order valence-electron chi connectivity index (χ2n) is 4.34. The van der Waals surface area contributed by atoms with E-state index in [0.29, 0.717) is 12.7 Å². The van der Waals surface area contributed by atoms with Crippen molar-refractivity contribution in [3.63, 3.8) is 0 Å². The van der Waals surface area contributed by atoms with Crippen LogP contribution in [0.25, 0.3) is 0 Å². The molecule has 1 aromatic carbocycles. The van der Waals surface area contributed by atoms with E-state index in [9.17, 15) is 18.0 Å². The first-order valence-corrected chi connectivity index (χ1v) is 5.77. The van der Waals surface area contributed by atoms with Crippen LogP contribution in [0.3, 0.4) is 0 Å². The van der Waals surface area contributed by atoms with Crippen LogP contribution in [0.15, 0.2) is 12.1 Å². The Labute approximate surface area is 116 Å². The molecule has 0 saturated heterocycles. The minimum Gasteiger partial charge on any atom is -0.454 e. The lowest BCUT2D eigenvalue weighted by Gasteiger charge is -2.26. The van der Waals surface area contributed by atoms with E-state index in [1.54, 1.807) is 0 Å². The van der Waals surface area contributed by atoms with Gasteiger partial charge in [0.25, 0.3) is 5.91 Å². The van der Waals surface area contributed by atoms with E-state index in [4.69, 9.17) is 26.8 Å². The lowest BCUT2D eigenvalue weighted by Crippen LogP contribution is -2.59. The maximum atomic E-state index is 12.6. The van der Waals surface area contributed by atoms with Gasteiger partial charge in [0, 0.05) is 12.1 Å². The van der Waals surface area contributed by atoms with E-state index in [1.807, 2.05) is 5.32 Å². The summed E-state index contributed by atoms with van der Waals surface area (Å²) in [5.41, 5.74) is 1.94. The summed E-state index contributed by atoms with van der Waals surface area (Å²) in [4.78, 5) is 11.6. The third-order valence-electron chi connectivity index (χ3n) is 2.77. The lowest BCUT2D eigenvalue weighted by atomic mass is 10.0. The van der Waals surface area contributed by atoms with Gasteiger partial charge in [-0.3, -0.25) is 4.79 Å². The third kappa shape index (κ3) is 2.48. The molecule has 110 valence electrons. The summed E-state index contributed by atoms with van der Waals surface area (Å²) in [5, 5.41) is 2.05. The Kier molecular flexibility index (Phi) is 3.47. The van der Waals surface area contributed by atoms with Gasteiger partial charge >= 0.3 is 6.18 Å². The van der Waals surface area contributed by atoms with Gasteiger partial charge in [-0.1, -0.05) is 11.6 Å². The number of hydrogen-bond acceptors (Lipinski definition) is 4. The highest BCUT2D eigenvalue weighted by atomic mass is 35.5. The third-order valence-corrected chi connectivity index (χ3v) is 3.08. The average Bonchev–Trinajstić information content (AvgIpc) is 2.74. The number of nitrogens with one attached hydrogen (secondary N) is 1. The number of nitrogens with two attached hydrogens (primary N) is 1. The molecule has 0 spiro atoms. The maximum Gasteiger partial charge on any atom is 0.415 e. The fourth-order valence-electron chi connectivity index (χ4n) is 1.39.